The number of carboxylic acids is 1. The molecule has 0 saturated heterocycles. The highest BCUT2D eigenvalue weighted by Crippen LogP contribution is 2.27. The van der Waals surface area contributed by atoms with Gasteiger partial charge in [0.05, 0.1) is 26.4 Å². The van der Waals surface area contributed by atoms with Crippen molar-refractivity contribution >= 4 is 17.6 Å². The van der Waals surface area contributed by atoms with Crippen molar-refractivity contribution in [1.29, 1.82) is 0 Å². The van der Waals surface area contributed by atoms with E-state index in [2.05, 4.69) is 10.5 Å². The van der Waals surface area contributed by atoms with E-state index in [4.69, 9.17) is 19.0 Å². The minimum absolute atomic E-state index is 0.0153. The van der Waals surface area contributed by atoms with E-state index in [0.29, 0.717) is 46.3 Å². The molecule has 27 heavy (non-hydrogen) atoms. The number of methoxy groups -OCH3 is 2. The van der Waals surface area contributed by atoms with Crippen LogP contribution in [0.15, 0.2) is 33.8 Å². The minimum Gasteiger partial charge on any atom is -0.493 e. The SMILES string of the molecule is COc1ccc(C(=O)N/N=C(/C)c2cc(CCC(=O)O)oc2C)cc1OC. The first kappa shape index (κ1) is 20.0. The summed E-state index contributed by atoms with van der Waals surface area (Å²) in [5.41, 5.74) is 4.12. The maximum Gasteiger partial charge on any atom is 0.303 e. The van der Waals surface area contributed by atoms with Gasteiger partial charge in [-0.3, -0.25) is 9.59 Å². The average molecular weight is 374 g/mol. The number of hydrazone groups is 1. The van der Waals surface area contributed by atoms with Crippen LogP contribution in [-0.2, 0) is 11.2 Å². The standard InChI is InChI=1S/C19H22N2O6/c1-11(15-10-14(27-12(15)2)6-8-18(22)23)20-21-19(24)13-5-7-16(25-3)17(9-13)26-4/h5,7,9-10H,6,8H2,1-4H3,(H,21,24)(H,22,23)/b20-11-. The van der Waals surface area contributed by atoms with E-state index in [0.717, 1.165) is 0 Å². The number of benzene rings is 1. The summed E-state index contributed by atoms with van der Waals surface area (Å²) in [6, 6.07) is 6.54. The lowest BCUT2D eigenvalue weighted by molar-refractivity contribution is -0.137. The van der Waals surface area contributed by atoms with Gasteiger partial charge in [0.25, 0.3) is 5.91 Å². The van der Waals surface area contributed by atoms with Gasteiger partial charge >= 0.3 is 5.97 Å². The van der Waals surface area contributed by atoms with E-state index in [1.807, 2.05) is 0 Å². The lowest BCUT2D eigenvalue weighted by atomic mass is 10.1. The number of nitrogens with zero attached hydrogens (tertiary/aromatic N) is 1. The van der Waals surface area contributed by atoms with Crippen molar-refractivity contribution in [2.75, 3.05) is 14.2 Å². The maximum absolute atomic E-state index is 12.3. The van der Waals surface area contributed by atoms with Gasteiger partial charge in [-0.2, -0.15) is 5.10 Å². The Morgan fingerprint density at radius 1 is 1.19 bits per heavy atom. The average Bonchev–Trinajstić information content (AvgIpc) is 3.04. The van der Waals surface area contributed by atoms with Crippen molar-refractivity contribution in [3.8, 4) is 11.5 Å². The molecule has 2 N–H and O–H groups in total. The van der Waals surface area contributed by atoms with Gasteiger partial charge in [-0.25, -0.2) is 5.43 Å². The normalized spacial score (nSPS) is 11.2. The molecule has 1 heterocycles. The monoisotopic (exact) mass is 374 g/mol. The number of carbonyl (C=O) groups excluding carboxylic acids is 1. The predicted octanol–water partition coefficient (Wildman–Crippen LogP) is 2.78. The molecule has 0 aliphatic rings. The van der Waals surface area contributed by atoms with Gasteiger partial charge in [0, 0.05) is 17.5 Å². The Kier molecular flexibility index (Phi) is 6.59. The van der Waals surface area contributed by atoms with Gasteiger partial charge in [0.15, 0.2) is 11.5 Å². The zero-order valence-corrected chi connectivity index (χ0v) is 15.7. The van der Waals surface area contributed by atoms with Crippen LogP contribution in [0.5, 0.6) is 11.5 Å². The number of hydrogen-bond donors (Lipinski definition) is 2. The number of furan rings is 1. The van der Waals surface area contributed by atoms with Crippen LogP contribution in [0, 0.1) is 6.92 Å². The van der Waals surface area contributed by atoms with Crippen LogP contribution in [0.2, 0.25) is 0 Å². The molecule has 0 aliphatic carbocycles. The number of aryl methyl sites for hydroxylation is 2. The Labute approximate surface area is 156 Å². The summed E-state index contributed by atoms with van der Waals surface area (Å²) < 4.78 is 15.9. The number of ether oxygens (including phenoxy) is 2. The molecular formula is C19H22N2O6. The van der Waals surface area contributed by atoms with Gasteiger partial charge in [-0.1, -0.05) is 0 Å². The van der Waals surface area contributed by atoms with Crippen molar-refractivity contribution in [2.45, 2.75) is 26.7 Å². The fourth-order valence-electron chi connectivity index (χ4n) is 2.49. The Morgan fingerprint density at radius 2 is 1.89 bits per heavy atom. The Hall–Kier alpha value is -3.29. The fourth-order valence-corrected chi connectivity index (χ4v) is 2.49. The summed E-state index contributed by atoms with van der Waals surface area (Å²) in [5.74, 6) is 0.847. The van der Waals surface area contributed by atoms with Crippen LogP contribution in [0.3, 0.4) is 0 Å². The summed E-state index contributed by atoms with van der Waals surface area (Å²) in [6.45, 7) is 3.49. The molecule has 0 spiro atoms. The molecule has 8 nitrogen and oxygen atoms in total. The summed E-state index contributed by atoms with van der Waals surface area (Å²) in [6.07, 6.45) is 0.278. The van der Waals surface area contributed by atoms with Crippen molar-refractivity contribution in [3.63, 3.8) is 0 Å². The molecule has 0 radical (unpaired) electrons. The Bertz CT molecular complexity index is 869. The first-order valence-corrected chi connectivity index (χ1v) is 8.23. The number of nitrogens with one attached hydrogen (secondary N) is 1. The molecule has 1 aromatic carbocycles. The van der Waals surface area contributed by atoms with Gasteiger partial charge in [0.2, 0.25) is 0 Å². The molecule has 2 aromatic rings. The lowest BCUT2D eigenvalue weighted by Crippen LogP contribution is -2.19. The van der Waals surface area contributed by atoms with E-state index in [9.17, 15) is 9.59 Å². The highest BCUT2D eigenvalue weighted by atomic mass is 16.5. The molecule has 8 heteroatoms. The number of rotatable bonds is 8. The second kappa shape index (κ2) is 8.88. The Balaban J connectivity index is 2.11. The highest BCUT2D eigenvalue weighted by Gasteiger charge is 2.13. The highest BCUT2D eigenvalue weighted by molar-refractivity contribution is 6.01. The maximum atomic E-state index is 12.3. The zero-order chi connectivity index (χ0) is 20.0. The van der Waals surface area contributed by atoms with Crippen LogP contribution in [-0.4, -0.2) is 36.9 Å². The predicted molar refractivity (Wildman–Crippen MR) is 98.6 cm³/mol. The molecule has 0 unspecified atom stereocenters. The van der Waals surface area contributed by atoms with Crippen LogP contribution in [0.4, 0.5) is 0 Å². The molecule has 0 aliphatic heterocycles. The van der Waals surface area contributed by atoms with Crippen molar-refractivity contribution in [3.05, 3.63) is 46.9 Å². The quantitative estimate of drug-likeness (QED) is 0.543. The smallest absolute Gasteiger partial charge is 0.303 e. The zero-order valence-electron chi connectivity index (χ0n) is 15.7. The molecule has 0 atom stereocenters. The van der Waals surface area contributed by atoms with Crippen LogP contribution >= 0.6 is 0 Å². The molecule has 0 bridgehead atoms. The van der Waals surface area contributed by atoms with Crippen molar-refractivity contribution < 1.29 is 28.6 Å². The third kappa shape index (κ3) is 5.10. The third-order valence-electron chi connectivity index (χ3n) is 3.91. The van der Waals surface area contributed by atoms with Crippen LogP contribution in [0.1, 0.15) is 40.8 Å². The van der Waals surface area contributed by atoms with Crippen LogP contribution in [0.25, 0.3) is 0 Å². The Morgan fingerprint density at radius 3 is 2.52 bits per heavy atom. The molecule has 144 valence electrons. The van der Waals surface area contributed by atoms with E-state index in [1.165, 1.54) is 14.2 Å². The molecule has 1 aromatic heterocycles. The lowest BCUT2D eigenvalue weighted by Gasteiger charge is -2.09. The number of amides is 1. The number of carbonyl (C=O) groups is 2. The van der Waals surface area contributed by atoms with Crippen molar-refractivity contribution in [2.24, 2.45) is 5.10 Å². The summed E-state index contributed by atoms with van der Waals surface area (Å²) in [7, 11) is 3.01. The number of hydrogen-bond acceptors (Lipinski definition) is 6. The second-order valence-electron chi connectivity index (χ2n) is 5.78. The van der Waals surface area contributed by atoms with Crippen LogP contribution < -0.4 is 14.9 Å². The topological polar surface area (TPSA) is 110 Å². The van der Waals surface area contributed by atoms with Gasteiger partial charge in [0.1, 0.15) is 11.5 Å². The van der Waals surface area contributed by atoms with E-state index in [-0.39, 0.29) is 6.42 Å². The van der Waals surface area contributed by atoms with Gasteiger partial charge in [-0.15, -0.1) is 0 Å². The molecule has 1 amide bonds. The molecule has 2 rings (SSSR count). The summed E-state index contributed by atoms with van der Waals surface area (Å²) in [4.78, 5) is 23.0. The molecular weight excluding hydrogens is 352 g/mol. The first-order chi connectivity index (χ1) is 12.8. The van der Waals surface area contributed by atoms with E-state index < -0.39 is 11.9 Å². The first-order valence-electron chi connectivity index (χ1n) is 8.23. The van der Waals surface area contributed by atoms with Crippen molar-refractivity contribution in [1.82, 2.24) is 5.43 Å². The fraction of sp³-hybridized carbons (Fsp3) is 0.316. The number of aliphatic carboxylic acids is 1. The largest absolute Gasteiger partial charge is 0.493 e. The van der Waals surface area contributed by atoms with Gasteiger partial charge < -0.3 is 19.0 Å². The second-order valence-corrected chi connectivity index (χ2v) is 5.78. The number of carboxylic acid groups (broad SMARTS) is 1. The van der Waals surface area contributed by atoms with E-state index >= 15 is 0 Å². The summed E-state index contributed by atoms with van der Waals surface area (Å²) in [5, 5.41) is 12.9. The minimum atomic E-state index is -0.891. The molecule has 0 fully saturated rings. The van der Waals surface area contributed by atoms with E-state index in [1.54, 1.807) is 38.1 Å². The third-order valence-corrected chi connectivity index (χ3v) is 3.91. The summed E-state index contributed by atoms with van der Waals surface area (Å²) >= 11 is 0. The molecule has 0 saturated carbocycles. The van der Waals surface area contributed by atoms with Gasteiger partial charge in [-0.05, 0) is 38.1 Å².